The van der Waals surface area contributed by atoms with Crippen LogP contribution in [0.4, 0.5) is 0 Å². The van der Waals surface area contributed by atoms with Gasteiger partial charge in [-0.2, -0.15) is 0 Å². The fraction of sp³-hybridized carbons (Fsp3) is 0.500. The Labute approximate surface area is 154 Å². The van der Waals surface area contributed by atoms with Crippen LogP contribution in [0.15, 0.2) is 16.5 Å². The van der Waals surface area contributed by atoms with E-state index in [4.69, 9.17) is 19.9 Å². The largest absolute Gasteiger partial charge is 0.496 e. The monoisotopic (exact) mass is 357 g/mol. The van der Waals surface area contributed by atoms with Crippen LogP contribution in [0.3, 0.4) is 0 Å². The van der Waals surface area contributed by atoms with E-state index in [2.05, 4.69) is 4.90 Å². The van der Waals surface area contributed by atoms with E-state index in [9.17, 15) is 4.79 Å². The van der Waals surface area contributed by atoms with Gasteiger partial charge in [-0.1, -0.05) is 0 Å². The molecule has 0 radical (unpaired) electrons. The quantitative estimate of drug-likeness (QED) is 0.890. The molecule has 1 fully saturated rings. The Bertz CT molecular complexity index is 813. The van der Waals surface area contributed by atoms with Gasteiger partial charge in [0.05, 0.1) is 18.7 Å². The molecule has 6 nitrogen and oxygen atoms in total. The number of ether oxygens (including phenoxy) is 1. The lowest BCUT2D eigenvalue weighted by Crippen LogP contribution is -2.40. The molecule has 6 heteroatoms. The Balaban J connectivity index is 1.81. The van der Waals surface area contributed by atoms with Gasteiger partial charge in [-0.3, -0.25) is 9.69 Å². The Kier molecular flexibility index (Phi) is 5.32. The second kappa shape index (κ2) is 7.50. The molecule has 1 amide bonds. The smallest absolute Gasteiger partial charge is 0.226 e. The van der Waals surface area contributed by atoms with Crippen molar-refractivity contribution >= 4 is 5.91 Å². The highest BCUT2D eigenvalue weighted by atomic mass is 16.5. The van der Waals surface area contributed by atoms with Crippen molar-refractivity contribution in [2.75, 3.05) is 20.2 Å². The van der Waals surface area contributed by atoms with Crippen LogP contribution >= 0.6 is 0 Å². The maximum atomic E-state index is 11.5. The molecule has 1 aromatic heterocycles. The molecule has 2 aromatic rings. The van der Waals surface area contributed by atoms with E-state index in [1.165, 1.54) is 0 Å². The molecule has 0 spiro atoms. The molecule has 3 rings (SSSR count). The van der Waals surface area contributed by atoms with Gasteiger partial charge in [-0.25, -0.2) is 4.98 Å². The number of likely N-dealkylation sites (tertiary alicyclic amines) is 1. The van der Waals surface area contributed by atoms with E-state index in [1.54, 1.807) is 7.11 Å². The van der Waals surface area contributed by atoms with E-state index in [0.29, 0.717) is 19.0 Å². The van der Waals surface area contributed by atoms with Crippen LogP contribution < -0.4 is 10.5 Å². The minimum absolute atomic E-state index is 0.0677. The highest BCUT2D eigenvalue weighted by Gasteiger charge is 2.25. The van der Waals surface area contributed by atoms with Crippen LogP contribution in [0.1, 0.15) is 35.4 Å². The van der Waals surface area contributed by atoms with E-state index >= 15 is 0 Å². The number of methoxy groups -OCH3 is 1. The predicted octanol–water partition coefficient (Wildman–Crippen LogP) is 2.97. The number of rotatable bonds is 5. The van der Waals surface area contributed by atoms with Gasteiger partial charge < -0.3 is 14.9 Å². The number of nitrogens with zero attached hydrogens (tertiary/aromatic N) is 2. The average Bonchev–Trinajstić information content (AvgIpc) is 2.97. The van der Waals surface area contributed by atoms with Crippen molar-refractivity contribution < 1.29 is 13.9 Å². The summed E-state index contributed by atoms with van der Waals surface area (Å²) in [4.78, 5) is 18.5. The van der Waals surface area contributed by atoms with Gasteiger partial charge in [0.15, 0.2) is 0 Å². The highest BCUT2D eigenvalue weighted by molar-refractivity contribution is 5.76. The van der Waals surface area contributed by atoms with Gasteiger partial charge in [0.1, 0.15) is 11.5 Å². The summed E-state index contributed by atoms with van der Waals surface area (Å²) in [6.07, 6.45) is 1.85. The van der Waals surface area contributed by atoms with Crippen LogP contribution in [-0.4, -0.2) is 36.0 Å². The number of benzene rings is 1. The molecule has 1 unspecified atom stereocenters. The molecule has 0 saturated carbocycles. The summed E-state index contributed by atoms with van der Waals surface area (Å²) in [6, 6.07) is 4.05. The molecule has 1 saturated heterocycles. The van der Waals surface area contributed by atoms with Crippen molar-refractivity contribution in [3.8, 4) is 17.2 Å². The molecule has 2 heterocycles. The average molecular weight is 357 g/mol. The molecule has 1 atom stereocenters. The maximum absolute atomic E-state index is 11.5. The van der Waals surface area contributed by atoms with E-state index in [0.717, 1.165) is 53.3 Å². The molecule has 0 bridgehead atoms. The Morgan fingerprint density at radius 3 is 2.81 bits per heavy atom. The summed E-state index contributed by atoms with van der Waals surface area (Å²) >= 11 is 0. The van der Waals surface area contributed by atoms with Gasteiger partial charge in [0, 0.05) is 18.7 Å². The summed E-state index contributed by atoms with van der Waals surface area (Å²) in [6.45, 7) is 8.29. The number of carbonyl (C=O) groups is 1. The molecule has 0 aliphatic carbocycles. The van der Waals surface area contributed by atoms with Crippen molar-refractivity contribution in [1.29, 1.82) is 0 Å². The zero-order valence-corrected chi connectivity index (χ0v) is 16.0. The summed E-state index contributed by atoms with van der Waals surface area (Å²) < 4.78 is 11.3. The second-order valence-electron chi connectivity index (χ2n) is 7.14. The predicted molar refractivity (Wildman–Crippen MR) is 99.9 cm³/mol. The van der Waals surface area contributed by atoms with E-state index in [1.807, 2.05) is 32.9 Å². The molecule has 26 heavy (non-hydrogen) atoms. The first kappa shape index (κ1) is 18.5. The molecule has 140 valence electrons. The number of primary amides is 1. The van der Waals surface area contributed by atoms with Crippen LogP contribution in [-0.2, 0) is 11.3 Å². The van der Waals surface area contributed by atoms with Gasteiger partial charge in [-0.15, -0.1) is 0 Å². The third-order valence-electron chi connectivity index (χ3n) is 5.15. The summed E-state index contributed by atoms with van der Waals surface area (Å²) in [7, 11) is 1.67. The van der Waals surface area contributed by atoms with Crippen molar-refractivity contribution in [2.45, 2.75) is 40.2 Å². The molecule has 1 aliphatic heterocycles. The van der Waals surface area contributed by atoms with Gasteiger partial charge in [-0.05, 0) is 63.4 Å². The van der Waals surface area contributed by atoms with Crippen molar-refractivity contribution in [3.05, 3.63) is 34.7 Å². The van der Waals surface area contributed by atoms with Crippen molar-refractivity contribution in [1.82, 2.24) is 9.88 Å². The SMILES string of the molecule is COc1cc(C)c(-c2nc(CN3CCCC(C(N)=O)C3)c(C)o2)cc1C. The standard InChI is InChI=1S/C20H27N3O3/c1-12-9-18(25-4)13(2)8-16(12)20-22-17(14(3)26-20)11-23-7-5-6-15(10-23)19(21)24/h8-9,15H,5-7,10-11H2,1-4H3,(H2,21,24). The number of amides is 1. The Morgan fingerprint density at radius 2 is 2.12 bits per heavy atom. The lowest BCUT2D eigenvalue weighted by Gasteiger charge is -2.30. The first-order valence-corrected chi connectivity index (χ1v) is 9.02. The topological polar surface area (TPSA) is 81.6 Å². The van der Waals surface area contributed by atoms with Crippen LogP contribution in [0, 0.1) is 26.7 Å². The lowest BCUT2D eigenvalue weighted by molar-refractivity contribution is -0.123. The van der Waals surface area contributed by atoms with Crippen molar-refractivity contribution in [3.63, 3.8) is 0 Å². The number of hydrogen-bond acceptors (Lipinski definition) is 5. The number of piperidine rings is 1. The van der Waals surface area contributed by atoms with Gasteiger partial charge >= 0.3 is 0 Å². The maximum Gasteiger partial charge on any atom is 0.226 e. The number of aryl methyl sites for hydroxylation is 3. The number of carbonyl (C=O) groups excluding carboxylic acids is 1. The fourth-order valence-corrected chi connectivity index (χ4v) is 3.57. The number of aromatic nitrogens is 1. The number of hydrogen-bond donors (Lipinski definition) is 1. The van der Waals surface area contributed by atoms with Gasteiger partial charge in [0.25, 0.3) is 0 Å². The zero-order chi connectivity index (χ0) is 18.8. The first-order chi connectivity index (χ1) is 12.4. The number of oxazole rings is 1. The van der Waals surface area contributed by atoms with Crippen molar-refractivity contribution in [2.24, 2.45) is 11.7 Å². The zero-order valence-electron chi connectivity index (χ0n) is 16.0. The van der Waals surface area contributed by atoms with Gasteiger partial charge in [0.2, 0.25) is 11.8 Å². The van der Waals surface area contributed by atoms with Crippen LogP contribution in [0.25, 0.3) is 11.5 Å². The Morgan fingerprint density at radius 1 is 1.35 bits per heavy atom. The molecule has 1 aromatic carbocycles. The first-order valence-electron chi connectivity index (χ1n) is 9.02. The van der Waals surface area contributed by atoms with Crippen LogP contribution in [0.5, 0.6) is 5.75 Å². The third kappa shape index (κ3) is 3.75. The molecule has 2 N–H and O–H groups in total. The fourth-order valence-electron chi connectivity index (χ4n) is 3.57. The minimum atomic E-state index is -0.211. The third-order valence-corrected chi connectivity index (χ3v) is 5.15. The Hall–Kier alpha value is -2.34. The van der Waals surface area contributed by atoms with E-state index in [-0.39, 0.29) is 11.8 Å². The lowest BCUT2D eigenvalue weighted by atomic mass is 9.97. The highest BCUT2D eigenvalue weighted by Crippen LogP contribution is 2.31. The molecule has 1 aliphatic rings. The molecular weight excluding hydrogens is 330 g/mol. The number of nitrogens with two attached hydrogens (primary N) is 1. The van der Waals surface area contributed by atoms with E-state index < -0.39 is 0 Å². The summed E-state index contributed by atoms with van der Waals surface area (Å²) in [5, 5.41) is 0. The normalized spacial score (nSPS) is 18.1. The van der Waals surface area contributed by atoms with Crippen LogP contribution in [0.2, 0.25) is 0 Å². The summed E-state index contributed by atoms with van der Waals surface area (Å²) in [5.74, 6) is 2.03. The second-order valence-corrected chi connectivity index (χ2v) is 7.14. The summed E-state index contributed by atoms with van der Waals surface area (Å²) in [5.41, 5.74) is 9.48. The molecular formula is C20H27N3O3. The minimum Gasteiger partial charge on any atom is -0.496 e.